The largest absolute Gasteiger partial charge is 0.351 e. The lowest BCUT2D eigenvalue weighted by Gasteiger charge is -2.28. The minimum Gasteiger partial charge on any atom is -0.351 e. The molecule has 0 bridgehead atoms. The third-order valence-corrected chi connectivity index (χ3v) is 4.52. The Hall–Kier alpha value is -0.620. The molecule has 0 aromatic rings. The summed E-state index contributed by atoms with van der Waals surface area (Å²) in [6.45, 7) is 4.23. The smallest absolute Gasteiger partial charge is 0.238 e. The summed E-state index contributed by atoms with van der Waals surface area (Å²) in [6, 6.07) is 0.522. The quantitative estimate of drug-likeness (QED) is 0.717. The lowest BCUT2D eigenvalue weighted by molar-refractivity contribution is -0.121. The highest BCUT2D eigenvalue weighted by atomic mass is 32.2. The predicted octanol–water partition coefficient (Wildman–Crippen LogP) is -0.324. The zero-order chi connectivity index (χ0) is 12.3. The van der Waals surface area contributed by atoms with Gasteiger partial charge in [-0.3, -0.25) is 4.79 Å². The van der Waals surface area contributed by atoms with Crippen molar-refractivity contribution in [1.29, 1.82) is 0 Å². The van der Waals surface area contributed by atoms with E-state index < -0.39 is 21.0 Å². The number of carbonyl (C=O) groups is 1. The number of hydrogen-bond acceptors (Lipinski definition) is 4. The summed E-state index contributed by atoms with van der Waals surface area (Å²) in [4.78, 5) is 11.6. The van der Waals surface area contributed by atoms with Crippen LogP contribution in [-0.2, 0) is 14.6 Å². The standard InChI is InChI=1S/C10H20N2O3S/c1-7-4-5-9(6-11-7)12-10(13)8(2)16(3,14)15/h7-9,11H,4-6H2,1-3H3,(H,12,13). The van der Waals surface area contributed by atoms with Crippen molar-refractivity contribution in [2.24, 2.45) is 0 Å². The van der Waals surface area contributed by atoms with Crippen molar-refractivity contribution in [2.45, 2.75) is 44.0 Å². The Balaban J connectivity index is 2.46. The van der Waals surface area contributed by atoms with Gasteiger partial charge in [0.25, 0.3) is 0 Å². The van der Waals surface area contributed by atoms with E-state index in [0.29, 0.717) is 12.6 Å². The molecule has 1 saturated heterocycles. The third kappa shape index (κ3) is 3.75. The summed E-state index contributed by atoms with van der Waals surface area (Å²) in [6.07, 6.45) is 2.98. The van der Waals surface area contributed by atoms with E-state index >= 15 is 0 Å². The van der Waals surface area contributed by atoms with E-state index in [2.05, 4.69) is 17.6 Å². The molecule has 0 aromatic heterocycles. The van der Waals surface area contributed by atoms with Crippen molar-refractivity contribution in [1.82, 2.24) is 10.6 Å². The van der Waals surface area contributed by atoms with Crippen LogP contribution in [0.25, 0.3) is 0 Å². The molecule has 0 radical (unpaired) electrons. The topological polar surface area (TPSA) is 75.3 Å². The molecular weight excluding hydrogens is 228 g/mol. The minimum absolute atomic E-state index is 0.0490. The van der Waals surface area contributed by atoms with Crippen LogP contribution in [-0.4, -0.2) is 44.5 Å². The number of sulfone groups is 1. The molecule has 1 amide bonds. The van der Waals surface area contributed by atoms with E-state index in [-0.39, 0.29) is 6.04 Å². The molecular formula is C10H20N2O3S. The van der Waals surface area contributed by atoms with Crippen molar-refractivity contribution >= 4 is 15.7 Å². The van der Waals surface area contributed by atoms with Crippen LogP contribution in [0.2, 0.25) is 0 Å². The molecule has 0 saturated carbocycles. The van der Waals surface area contributed by atoms with Gasteiger partial charge in [0.2, 0.25) is 5.91 Å². The van der Waals surface area contributed by atoms with E-state index in [1.54, 1.807) is 0 Å². The molecule has 6 heteroatoms. The normalized spacial score (nSPS) is 28.4. The maximum absolute atomic E-state index is 11.6. The fraction of sp³-hybridized carbons (Fsp3) is 0.900. The summed E-state index contributed by atoms with van der Waals surface area (Å²) in [5.74, 6) is -0.399. The predicted molar refractivity (Wildman–Crippen MR) is 62.9 cm³/mol. The average molecular weight is 248 g/mol. The Kier molecular flexibility index (Phi) is 4.32. The molecule has 1 heterocycles. The molecule has 0 aromatic carbocycles. The van der Waals surface area contributed by atoms with E-state index in [1.807, 2.05) is 0 Å². The fourth-order valence-corrected chi connectivity index (χ4v) is 2.09. The zero-order valence-corrected chi connectivity index (χ0v) is 10.8. The van der Waals surface area contributed by atoms with Gasteiger partial charge in [0, 0.05) is 24.9 Å². The lowest BCUT2D eigenvalue weighted by atomic mass is 10.0. The number of hydrogen-bond donors (Lipinski definition) is 2. The Morgan fingerprint density at radius 1 is 1.44 bits per heavy atom. The highest BCUT2D eigenvalue weighted by Gasteiger charge is 2.26. The van der Waals surface area contributed by atoms with Crippen LogP contribution in [0.1, 0.15) is 26.7 Å². The van der Waals surface area contributed by atoms with Gasteiger partial charge in [-0.2, -0.15) is 0 Å². The number of carbonyl (C=O) groups excluding carboxylic acids is 1. The number of amides is 1. The maximum atomic E-state index is 11.6. The first kappa shape index (κ1) is 13.4. The van der Waals surface area contributed by atoms with Crippen LogP contribution < -0.4 is 10.6 Å². The van der Waals surface area contributed by atoms with Crippen LogP contribution in [0.3, 0.4) is 0 Å². The molecule has 1 aliphatic rings. The molecule has 1 fully saturated rings. The number of rotatable bonds is 3. The molecule has 1 aliphatic heterocycles. The second-order valence-electron chi connectivity index (χ2n) is 4.56. The number of piperidine rings is 1. The van der Waals surface area contributed by atoms with Crippen LogP contribution in [0, 0.1) is 0 Å². The molecule has 3 atom stereocenters. The van der Waals surface area contributed by atoms with Gasteiger partial charge in [-0.1, -0.05) is 0 Å². The summed E-state index contributed by atoms with van der Waals surface area (Å²) in [5, 5.41) is 5.05. The number of nitrogens with one attached hydrogen (secondary N) is 2. The van der Waals surface area contributed by atoms with Gasteiger partial charge >= 0.3 is 0 Å². The Morgan fingerprint density at radius 2 is 2.06 bits per heavy atom. The van der Waals surface area contributed by atoms with Crippen LogP contribution in [0.15, 0.2) is 0 Å². The molecule has 5 nitrogen and oxygen atoms in total. The van der Waals surface area contributed by atoms with Crippen molar-refractivity contribution in [3.8, 4) is 0 Å². The first-order valence-electron chi connectivity index (χ1n) is 5.53. The SMILES string of the molecule is CC1CCC(NC(=O)C(C)S(C)(=O)=O)CN1. The lowest BCUT2D eigenvalue weighted by Crippen LogP contribution is -2.51. The van der Waals surface area contributed by atoms with Gasteiger partial charge in [-0.15, -0.1) is 0 Å². The summed E-state index contributed by atoms with van der Waals surface area (Å²) < 4.78 is 22.4. The van der Waals surface area contributed by atoms with E-state index in [9.17, 15) is 13.2 Å². The van der Waals surface area contributed by atoms with Crippen LogP contribution in [0.5, 0.6) is 0 Å². The summed E-state index contributed by atoms with van der Waals surface area (Å²) >= 11 is 0. The highest BCUT2D eigenvalue weighted by molar-refractivity contribution is 7.92. The molecule has 16 heavy (non-hydrogen) atoms. The summed E-state index contributed by atoms with van der Waals surface area (Å²) in [7, 11) is -3.30. The van der Waals surface area contributed by atoms with Gasteiger partial charge in [0.1, 0.15) is 5.25 Å². The average Bonchev–Trinajstić information content (AvgIpc) is 2.19. The van der Waals surface area contributed by atoms with Gasteiger partial charge in [-0.25, -0.2) is 8.42 Å². The van der Waals surface area contributed by atoms with Gasteiger partial charge in [0.05, 0.1) is 0 Å². The van der Waals surface area contributed by atoms with Crippen LogP contribution in [0.4, 0.5) is 0 Å². The monoisotopic (exact) mass is 248 g/mol. The Bertz CT molecular complexity index is 345. The second kappa shape index (κ2) is 5.14. The molecule has 0 aliphatic carbocycles. The van der Waals surface area contributed by atoms with Crippen LogP contribution >= 0.6 is 0 Å². The van der Waals surface area contributed by atoms with Gasteiger partial charge in [-0.05, 0) is 26.7 Å². The molecule has 94 valence electrons. The first-order valence-corrected chi connectivity index (χ1v) is 7.49. The van der Waals surface area contributed by atoms with Crippen molar-refractivity contribution < 1.29 is 13.2 Å². The molecule has 0 spiro atoms. The van der Waals surface area contributed by atoms with Gasteiger partial charge < -0.3 is 10.6 Å². The van der Waals surface area contributed by atoms with Crippen molar-refractivity contribution in [3.63, 3.8) is 0 Å². The molecule has 3 unspecified atom stereocenters. The van der Waals surface area contributed by atoms with E-state index in [1.165, 1.54) is 6.92 Å². The van der Waals surface area contributed by atoms with Crippen molar-refractivity contribution in [2.75, 3.05) is 12.8 Å². The minimum atomic E-state index is -3.30. The first-order chi connectivity index (χ1) is 7.30. The molecule has 2 N–H and O–H groups in total. The van der Waals surface area contributed by atoms with E-state index in [0.717, 1.165) is 19.1 Å². The summed E-state index contributed by atoms with van der Waals surface area (Å²) in [5.41, 5.74) is 0. The Labute approximate surface area is 96.9 Å². The Morgan fingerprint density at radius 3 is 2.50 bits per heavy atom. The van der Waals surface area contributed by atoms with E-state index in [4.69, 9.17) is 0 Å². The fourth-order valence-electron chi connectivity index (χ4n) is 1.63. The third-order valence-electron chi connectivity index (χ3n) is 3.02. The van der Waals surface area contributed by atoms with Crippen molar-refractivity contribution in [3.05, 3.63) is 0 Å². The second-order valence-corrected chi connectivity index (χ2v) is 6.93. The zero-order valence-electron chi connectivity index (χ0n) is 9.99. The van der Waals surface area contributed by atoms with Gasteiger partial charge in [0.15, 0.2) is 9.84 Å². The highest BCUT2D eigenvalue weighted by Crippen LogP contribution is 2.08. The maximum Gasteiger partial charge on any atom is 0.238 e. The molecule has 1 rings (SSSR count).